The topological polar surface area (TPSA) is 112 Å². The molecule has 1 aromatic carbocycles. The van der Waals surface area contributed by atoms with Crippen molar-refractivity contribution in [2.45, 2.75) is 33.7 Å². The van der Waals surface area contributed by atoms with Crippen LogP contribution in [0.1, 0.15) is 41.2 Å². The van der Waals surface area contributed by atoms with Crippen LogP contribution >= 0.6 is 22.9 Å². The van der Waals surface area contributed by atoms with Gasteiger partial charge in [0.1, 0.15) is 5.69 Å². The Labute approximate surface area is 209 Å². The third-order valence-corrected chi connectivity index (χ3v) is 7.24. The molecule has 0 radical (unpaired) electrons. The van der Waals surface area contributed by atoms with Gasteiger partial charge in [-0.05, 0) is 57.0 Å². The van der Waals surface area contributed by atoms with Gasteiger partial charge < -0.3 is 9.64 Å². The molecule has 2 aromatic rings. The fraction of sp³-hybridized carbons (Fsp3) is 0.348. The first kappa shape index (κ1) is 27.5. The smallest absolute Gasteiger partial charge is 0.284 e. The van der Waals surface area contributed by atoms with E-state index in [4.69, 9.17) is 21.6 Å². The van der Waals surface area contributed by atoms with E-state index in [1.165, 1.54) is 18.4 Å². The second-order valence-corrected chi connectivity index (χ2v) is 10.9. The lowest BCUT2D eigenvalue weighted by molar-refractivity contribution is 0.0976. The fourth-order valence-electron chi connectivity index (χ4n) is 2.83. The van der Waals surface area contributed by atoms with Crippen LogP contribution in [0.3, 0.4) is 0 Å². The van der Waals surface area contributed by atoms with E-state index in [2.05, 4.69) is 15.8 Å². The number of nitriles is 1. The minimum atomic E-state index is -3.81. The van der Waals surface area contributed by atoms with Gasteiger partial charge in [0.05, 0.1) is 18.4 Å². The third kappa shape index (κ3) is 8.25. The van der Waals surface area contributed by atoms with Gasteiger partial charge in [0, 0.05) is 34.9 Å². The maximum atomic E-state index is 12.7. The van der Waals surface area contributed by atoms with Gasteiger partial charge in [-0.15, -0.1) is 11.3 Å². The van der Waals surface area contributed by atoms with Crippen LogP contribution in [0.5, 0.6) is 0 Å². The van der Waals surface area contributed by atoms with E-state index < -0.39 is 15.9 Å². The van der Waals surface area contributed by atoms with Gasteiger partial charge in [0.2, 0.25) is 10.0 Å². The van der Waals surface area contributed by atoms with Crippen LogP contribution in [0, 0.1) is 18.3 Å². The van der Waals surface area contributed by atoms with Gasteiger partial charge in [-0.2, -0.15) is 5.26 Å². The number of hydrogen-bond acceptors (Lipinski definition) is 8. The van der Waals surface area contributed by atoms with E-state index in [1.54, 1.807) is 38.1 Å². The maximum Gasteiger partial charge on any atom is 0.284 e. The Hall–Kier alpha value is -2.71. The normalized spacial score (nSPS) is 12.4. The predicted molar refractivity (Wildman–Crippen MR) is 135 cm³/mol. The average Bonchev–Trinajstić information content (AvgIpc) is 3.17. The highest BCUT2D eigenvalue weighted by atomic mass is 35.5. The molecule has 0 saturated heterocycles. The van der Waals surface area contributed by atoms with E-state index in [9.17, 15) is 13.2 Å². The molecular formula is C23H27ClN4O4S2. The van der Waals surface area contributed by atoms with Crippen molar-refractivity contribution in [3.05, 3.63) is 68.8 Å². The van der Waals surface area contributed by atoms with Gasteiger partial charge in [-0.1, -0.05) is 23.7 Å². The number of allylic oxidation sites excluding steroid dienone is 4. The van der Waals surface area contributed by atoms with Crippen LogP contribution in [-0.4, -0.2) is 38.8 Å². The molecule has 182 valence electrons. The van der Waals surface area contributed by atoms with Crippen molar-refractivity contribution in [2.24, 2.45) is 0 Å². The molecule has 1 amide bonds. The summed E-state index contributed by atoms with van der Waals surface area (Å²) in [5.74, 6) is -0.997. The number of anilines is 1. The van der Waals surface area contributed by atoms with Crippen molar-refractivity contribution in [3.63, 3.8) is 0 Å². The Kier molecular flexibility index (Phi) is 10.3. The number of carbonyl (C=O) groups excluding carboxylic acids is 1. The largest absolute Gasteiger partial charge is 0.385 e. The zero-order valence-electron chi connectivity index (χ0n) is 19.5. The molecule has 11 heteroatoms. The van der Waals surface area contributed by atoms with E-state index in [0.29, 0.717) is 27.1 Å². The van der Waals surface area contributed by atoms with Crippen LogP contribution in [-0.2, 0) is 21.3 Å². The number of nitrogens with one attached hydrogen (secondary N) is 1. The molecule has 0 aliphatic heterocycles. The predicted octanol–water partition coefficient (Wildman–Crippen LogP) is 4.58. The molecule has 0 unspecified atom stereocenters. The number of methoxy groups -OCH3 is 1. The van der Waals surface area contributed by atoms with Crippen LogP contribution < -0.4 is 9.62 Å². The molecule has 1 N–H and O–H groups in total. The number of ether oxygens (including phenoxy) is 1. The molecule has 1 aromatic heterocycles. The van der Waals surface area contributed by atoms with Crippen LogP contribution in [0.25, 0.3) is 0 Å². The molecule has 0 saturated carbocycles. The summed E-state index contributed by atoms with van der Waals surface area (Å²) in [7, 11) is -2.33. The molecule has 0 aliphatic rings. The van der Waals surface area contributed by atoms with Crippen molar-refractivity contribution in [1.82, 2.24) is 9.71 Å². The summed E-state index contributed by atoms with van der Waals surface area (Å²) in [6.07, 6.45) is 3.77. The first-order chi connectivity index (χ1) is 16.1. The summed E-state index contributed by atoms with van der Waals surface area (Å²) in [5.41, 5.74) is 2.34. The lowest BCUT2D eigenvalue weighted by Gasteiger charge is -2.22. The Morgan fingerprint density at radius 3 is 2.59 bits per heavy atom. The van der Waals surface area contributed by atoms with E-state index in [1.807, 2.05) is 24.0 Å². The number of aryl methyl sites for hydroxylation is 1. The summed E-state index contributed by atoms with van der Waals surface area (Å²) < 4.78 is 31.4. The van der Waals surface area contributed by atoms with E-state index in [-0.39, 0.29) is 24.5 Å². The molecule has 0 fully saturated rings. The second-order valence-electron chi connectivity index (χ2n) is 7.48. The van der Waals surface area contributed by atoms with Gasteiger partial charge in [0.15, 0.2) is 5.13 Å². The molecule has 8 nitrogen and oxygen atoms in total. The standard InChI is InChI=1S/C23H27ClN4O4S2/c1-16(14-25)6-7-17(2)28(15-19-8-10-20(24)11-9-19)23-26-21(18(3)33-23)22(29)27-34(30,31)13-5-12-32-4/h6-11H,5,12-13,15H2,1-4H3,(H,27,29)/b16-6+,17-7+. The minimum absolute atomic E-state index is 0.0490. The summed E-state index contributed by atoms with van der Waals surface area (Å²) >= 11 is 7.28. The van der Waals surface area contributed by atoms with Crippen molar-refractivity contribution in [2.75, 3.05) is 24.4 Å². The van der Waals surface area contributed by atoms with Crippen LogP contribution in [0.2, 0.25) is 5.02 Å². The summed E-state index contributed by atoms with van der Waals surface area (Å²) in [6, 6.07) is 9.42. The quantitative estimate of drug-likeness (QED) is 0.261. The highest BCUT2D eigenvalue weighted by molar-refractivity contribution is 7.90. The van der Waals surface area contributed by atoms with Gasteiger partial charge in [0.25, 0.3) is 5.91 Å². The monoisotopic (exact) mass is 522 g/mol. The maximum absolute atomic E-state index is 12.7. The Balaban J connectivity index is 2.36. The third-order valence-electron chi connectivity index (χ3n) is 4.67. The lowest BCUT2D eigenvalue weighted by atomic mass is 10.2. The molecule has 34 heavy (non-hydrogen) atoms. The first-order valence-electron chi connectivity index (χ1n) is 10.3. The number of amides is 1. The average molecular weight is 523 g/mol. The van der Waals surface area contributed by atoms with Gasteiger partial charge in [-0.25, -0.2) is 18.1 Å². The molecular weight excluding hydrogens is 496 g/mol. The van der Waals surface area contributed by atoms with Crippen LogP contribution in [0.4, 0.5) is 5.13 Å². The number of aromatic nitrogens is 1. The van der Waals surface area contributed by atoms with Crippen LogP contribution in [0.15, 0.2) is 47.7 Å². The lowest BCUT2D eigenvalue weighted by Crippen LogP contribution is -2.33. The Bertz CT molecular complexity index is 1210. The zero-order chi connectivity index (χ0) is 25.3. The molecule has 0 spiro atoms. The number of rotatable bonds is 11. The number of hydrogen-bond donors (Lipinski definition) is 1. The van der Waals surface area contributed by atoms with E-state index >= 15 is 0 Å². The van der Waals surface area contributed by atoms with Crippen molar-refractivity contribution < 1.29 is 17.9 Å². The first-order valence-corrected chi connectivity index (χ1v) is 13.2. The van der Waals surface area contributed by atoms with E-state index in [0.717, 1.165) is 11.3 Å². The SMILES string of the molecule is COCCCS(=O)(=O)NC(=O)c1nc(N(Cc2ccc(Cl)cc2)/C(C)=C/C=C(\C)C#N)sc1C. The molecule has 0 aliphatic carbocycles. The number of halogens is 1. The zero-order valence-corrected chi connectivity index (χ0v) is 21.9. The van der Waals surface area contributed by atoms with Crippen molar-refractivity contribution in [3.8, 4) is 6.07 Å². The molecule has 2 rings (SSSR count). The van der Waals surface area contributed by atoms with Crippen molar-refractivity contribution in [1.29, 1.82) is 5.26 Å². The number of carbonyl (C=O) groups is 1. The van der Waals surface area contributed by atoms with Crippen molar-refractivity contribution >= 4 is 44.0 Å². The molecule has 1 heterocycles. The minimum Gasteiger partial charge on any atom is -0.385 e. The second kappa shape index (κ2) is 12.7. The number of thiazole rings is 1. The van der Waals surface area contributed by atoms with Gasteiger partial charge >= 0.3 is 0 Å². The fourth-order valence-corrected chi connectivity index (χ4v) is 4.90. The Morgan fingerprint density at radius 1 is 1.29 bits per heavy atom. The number of sulfonamides is 1. The number of benzene rings is 1. The number of nitrogens with zero attached hydrogens (tertiary/aromatic N) is 3. The summed E-state index contributed by atoms with van der Waals surface area (Å²) in [5, 5.41) is 10.2. The molecule has 0 bridgehead atoms. The Morgan fingerprint density at radius 2 is 1.97 bits per heavy atom. The summed E-state index contributed by atoms with van der Waals surface area (Å²) in [6.45, 7) is 6.00. The highest BCUT2D eigenvalue weighted by Crippen LogP contribution is 2.30. The van der Waals surface area contributed by atoms with Gasteiger partial charge in [-0.3, -0.25) is 4.79 Å². The highest BCUT2D eigenvalue weighted by Gasteiger charge is 2.23. The summed E-state index contributed by atoms with van der Waals surface area (Å²) in [4.78, 5) is 19.6. The molecule has 0 atom stereocenters.